The van der Waals surface area contributed by atoms with E-state index < -0.39 is 0 Å². The van der Waals surface area contributed by atoms with Crippen LogP contribution >= 0.6 is 0 Å². The molecule has 74 valence electrons. The van der Waals surface area contributed by atoms with Gasteiger partial charge in [0, 0.05) is 6.61 Å². The second kappa shape index (κ2) is 2.83. The van der Waals surface area contributed by atoms with Crippen LogP contribution in [0.15, 0.2) is 24.3 Å². The molecular formula is C13H16O. The highest BCUT2D eigenvalue weighted by Crippen LogP contribution is 2.59. The van der Waals surface area contributed by atoms with Crippen LogP contribution < -0.4 is 0 Å². The van der Waals surface area contributed by atoms with E-state index >= 15 is 0 Å². The minimum Gasteiger partial charge on any atom is -0.396 e. The average Bonchev–Trinajstić information content (AvgIpc) is 2.91. The van der Waals surface area contributed by atoms with Crippen molar-refractivity contribution in [2.75, 3.05) is 6.61 Å². The molecule has 2 aliphatic rings. The first kappa shape index (κ1) is 8.49. The summed E-state index contributed by atoms with van der Waals surface area (Å²) in [7, 11) is 0. The Bertz CT molecular complexity index is 358. The van der Waals surface area contributed by atoms with Crippen molar-refractivity contribution in [1.82, 2.24) is 0 Å². The van der Waals surface area contributed by atoms with E-state index in [1.165, 1.54) is 36.8 Å². The quantitative estimate of drug-likeness (QED) is 0.716. The van der Waals surface area contributed by atoms with Crippen molar-refractivity contribution in [2.24, 2.45) is 11.3 Å². The smallest absolute Gasteiger partial charge is 0.0464 e. The average molecular weight is 188 g/mol. The molecule has 0 aromatic heterocycles. The van der Waals surface area contributed by atoms with Gasteiger partial charge in [-0.3, -0.25) is 0 Å². The van der Waals surface area contributed by atoms with Gasteiger partial charge in [-0.2, -0.15) is 0 Å². The summed E-state index contributed by atoms with van der Waals surface area (Å²) < 4.78 is 0. The molecule has 1 aromatic carbocycles. The predicted molar refractivity (Wildman–Crippen MR) is 56.1 cm³/mol. The topological polar surface area (TPSA) is 20.2 Å². The van der Waals surface area contributed by atoms with Crippen LogP contribution in [0.3, 0.4) is 0 Å². The van der Waals surface area contributed by atoms with E-state index in [0.29, 0.717) is 17.9 Å². The third kappa shape index (κ3) is 1.12. The van der Waals surface area contributed by atoms with Crippen LogP contribution in [0, 0.1) is 11.3 Å². The Morgan fingerprint density at radius 3 is 2.79 bits per heavy atom. The van der Waals surface area contributed by atoms with Gasteiger partial charge in [0.2, 0.25) is 0 Å². The molecule has 2 aliphatic carbocycles. The fourth-order valence-electron chi connectivity index (χ4n) is 3.04. The van der Waals surface area contributed by atoms with Gasteiger partial charge >= 0.3 is 0 Å². The zero-order valence-electron chi connectivity index (χ0n) is 8.37. The molecule has 3 rings (SSSR count). The Kier molecular flexibility index (Phi) is 1.72. The first-order valence-corrected chi connectivity index (χ1v) is 5.52. The van der Waals surface area contributed by atoms with Crippen LogP contribution in [0.1, 0.15) is 24.0 Å². The summed E-state index contributed by atoms with van der Waals surface area (Å²) in [6.07, 6.45) is 4.95. The van der Waals surface area contributed by atoms with Gasteiger partial charge in [0.05, 0.1) is 0 Å². The zero-order chi connectivity index (χ0) is 9.60. The molecule has 1 heteroatoms. The summed E-state index contributed by atoms with van der Waals surface area (Å²) in [5.41, 5.74) is 3.54. The summed E-state index contributed by atoms with van der Waals surface area (Å²) >= 11 is 0. The number of rotatable bonds is 1. The summed E-state index contributed by atoms with van der Waals surface area (Å²) in [5, 5.41) is 9.17. The van der Waals surface area contributed by atoms with Crippen molar-refractivity contribution < 1.29 is 5.11 Å². The molecule has 2 atom stereocenters. The fourth-order valence-corrected chi connectivity index (χ4v) is 3.04. The molecule has 0 saturated heterocycles. The van der Waals surface area contributed by atoms with Gasteiger partial charge in [-0.05, 0) is 48.1 Å². The minimum absolute atomic E-state index is 0.391. The van der Waals surface area contributed by atoms with Gasteiger partial charge in [-0.15, -0.1) is 0 Å². The Hall–Kier alpha value is -0.820. The molecule has 1 nitrogen and oxygen atoms in total. The lowest BCUT2D eigenvalue weighted by molar-refractivity contribution is 0.240. The standard InChI is InChI=1S/C13H16O/c14-9-12-8-13(12)6-5-10-3-1-2-4-11(10)7-13/h1-4,12,14H,5-9H2. The predicted octanol–water partition coefficient (Wildman–Crippen LogP) is 2.17. The molecule has 1 N–H and O–H groups in total. The van der Waals surface area contributed by atoms with E-state index in [9.17, 15) is 5.11 Å². The van der Waals surface area contributed by atoms with Crippen LogP contribution in [0.25, 0.3) is 0 Å². The number of aryl methyl sites for hydroxylation is 1. The van der Waals surface area contributed by atoms with Gasteiger partial charge < -0.3 is 5.11 Å². The SMILES string of the molecule is OCC1CC12CCc1ccccc1C2. The van der Waals surface area contributed by atoms with Crippen LogP contribution in [0.5, 0.6) is 0 Å². The Balaban J connectivity index is 1.88. The second-order valence-corrected chi connectivity index (χ2v) is 4.89. The molecule has 14 heavy (non-hydrogen) atoms. The lowest BCUT2D eigenvalue weighted by atomic mass is 9.80. The van der Waals surface area contributed by atoms with Gasteiger partial charge in [-0.1, -0.05) is 24.3 Å². The zero-order valence-corrected chi connectivity index (χ0v) is 8.37. The van der Waals surface area contributed by atoms with E-state index in [0.717, 1.165) is 0 Å². The van der Waals surface area contributed by atoms with E-state index in [4.69, 9.17) is 0 Å². The van der Waals surface area contributed by atoms with Crippen LogP contribution in [-0.4, -0.2) is 11.7 Å². The van der Waals surface area contributed by atoms with E-state index in [2.05, 4.69) is 24.3 Å². The number of hydrogen-bond acceptors (Lipinski definition) is 1. The first-order valence-electron chi connectivity index (χ1n) is 5.52. The lowest BCUT2D eigenvalue weighted by Crippen LogP contribution is -2.18. The van der Waals surface area contributed by atoms with Crippen LogP contribution in [0.2, 0.25) is 0 Å². The molecule has 1 spiro atoms. The number of aliphatic hydroxyl groups is 1. The molecule has 1 saturated carbocycles. The fraction of sp³-hybridized carbons (Fsp3) is 0.538. The minimum atomic E-state index is 0.391. The third-order valence-corrected chi connectivity index (χ3v) is 4.13. The van der Waals surface area contributed by atoms with E-state index in [1.807, 2.05) is 0 Å². The monoisotopic (exact) mass is 188 g/mol. The van der Waals surface area contributed by atoms with Crippen molar-refractivity contribution in [2.45, 2.75) is 25.7 Å². The van der Waals surface area contributed by atoms with E-state index in [1.54, 1.807) is 0 Å². The largest absolute Gasteiger partial charge is 0.396 e. The number of fused-ring (bicyclic) bond motifs is 1. The molecule has 2 unspecified atom stereocenters. The molecule has 1 aromatic rings. The number of aliphatic hydroxyl groups excluding tert-OH is 1. The van der Waals surface area contributed by atoms with Crippen molar-refractivity contribution in [3.8, 4) is 0 Å². The maximum Gasteiger partial charge on any atom is 0.0464 e. The highest BCUT2D eigenvalue weighted by atomic mass is 16.3. The van der Waals surface area contributed by atoms with Gasteiger partial charge in [0.15, 0.2) is 0 Å². The summed E-state index contributed by atoms with van der Waals surface area (Å²) in [6, 6.07) is 8.77. The van der Waals surface area contributed by atoms with Crippen molar-refractivity contribution in [3.05, 3.63) is 35.4 Å². The number of benzene rings is 1. The van der Waals surface area contributed by atoms with Crippen molar-refractivity contribution in [3.63, 3.8) is 0 Å². The highest BCUT2D eigenvalue weighted by molar-refractivity contribution is 5.33. The third-order valence-electron chi connectivity index (χ3n) is 4.13. The lowest BCUT2D eigenvalue weighted by Gasteiger charge is -2.25. The normalized spacial score (nSPS) is 34.2. The van der Waals surface area contributed by atoms with E-state index in [-0.39, 0.29) is 0 Å². The molecule has 1 fully saturated rings. The molecule has 0 heterocycles. The molecule has 0 bridgehead atoms. The molecule has 0 radical (unpaired) electrons. The maximum atomic E-state index is 9.17. The first-order chi connectivity index (χ1) is 6.84. The molecule has 0 amide bonds. The molecule has 0 aliphatic heterocycles. The van der Waals surface area contributed by atoms with Gasteiger partial charge in [0.25, 0.3) is 0 Å². The maximum absolute atomic E-state index is 9.17. The Morgan fingerprint density at radius 1 is 1.29 bits per heavy atom. The van der Waals surface area contributed by atoms with Crippen molar-refractivity contribution >= 4 is 0 Å². The Labute approximate surface area is 84.8 Å². The van der Waals surface area contributed by atoms with Gasteiger partial charge in [-0.25, -0.2) is 0 Å². The summed E-state index contributed by atoms with van der Waals surface area (Å²) in [4.78, 5) is 0. The Morgan fingerprint density at radius 2 is 2.07 bits per heavy atom. The van der Waals surface area contributed by atoms with Crippen LogP contribution in [-0.2, 0) is 12.8 Å². The summed E-state index contributed by atoms with van der Waals surface area (Å²) in [5.74, 6) is 0.593. The van der Waals surface area contributed by atoms with Gasteiger partial charge in [0.1, 0.15) is 0 Å². The molecular weight excluding hydrogens is 172 g/mol. The van der Waals surface area contributed by atoms with Crippen LogP contribution in [0.4, 0.5) is 0 Å². The number of hydrogen-bond donors (Lipinski definition) is 1. The second-order valence-electron chi connectivity index (χ2n) is 4.89. The van der Waals surface area contributed by atoms with Crippen molar-refractivity contribution in [1.29, 1.82) is 0 Å². The summed E-state index contributed by atoms with van der Waals surface area (Å²) in [6.45, 7) is 0.391. The highest BCUT2D eigenvalue weighted by Gasteiger charge is 2.53.